The Labute approximate surface area is 138 Å². The average molecular weight is 328 g/mol. The zero-order valence-electron chi connectivity index (χ0n) is 12.9. The molecule has 2 aromatic carbocycles. The number of oxazole rings is 1. The predicted octanol–water partition coefficient (Wildman–Crippen LogP) is 3.75. The lowest BCUT2D eigenvalue weighted by Crippen LogP contribution is -2.26. The fourth-order valence-electron chi connectivity index (χ4n) is 2.16. The van der Waals surface area contributed by atoms with Gasteiger partial charge < -0.3 is 4.42 Å². The molecule has 3 rings (SSSR count). The van der Waals surface area contributed by atoms with Gasteiger partial charge in [0.05, 0.1) is 7.11 Å². The number of carbonyl (C=O) groups excluding carboxylic acids is 1. The smallest absolute Gasteiger partial charge is 0.277 e. The summed E-state index contributed by atoms with van der Waals surface area (Å²) in [6.07, 6.45) is 0. The van der Waals surface area contributed by atoms with E-state index in [9.17, 15) is 4.79 Å². The first-order valence-electron chi connectivity index (χ1n) is 7.07. The Bertz CT molecular complexity index is 798. The number of aromatic nitrogens is 1. The second-order valence-corrected chi connectivity index (χ2v) is 5.81. The highest BCUT2D eigenvalue weighted by Gasteiger charge is 2.16. The third-order valence-electron chi connectivity index (χ3n) is 3.43. The van der Waals surface area contributed by atoms with Crippen LogP contribution < -0.4 is 0 Å². The number of carbonyl (C=O) groups is 1. The molecule has 0 unspecified atom stereocenters. The summed E-state index contributed by atoms with van der Waals surface area (Å²) in [5, 5.41) is 1.80. The molecule has 0 aliphatic rings. The number of hydrogen-bond donors (Lipinski definition) is 0. The van der Waals surface area contributed by atoms with Crippen molar-refractivity contribution >= 4 is 28.8 Å². The van der Waals surface area contributed by atoms with Gasteiger partial charge in [0.25, 0.3) is 11.1 Å². The molecule has 5 nitrogen and oxygen atoms in total. The van der Waals surface area contributed by atoms with Gasteiger partial charge >= 0.3 is 0 Å². The molecule has 0 saturated heterocycles. The second kappa shape index (κ2) is 6.85. The standard InChI is InChI=1S/C17H16N2O3S/c1-19(21-2)16(20)13-8-4-3-7-12(13)11-23-17-18-14-9-5-6-10-15(14)22-17/h3-10H,11H2,1-2H3. The molecule has 0 aliphatic heterocycles. The van der Waals surface area contributed by atoms with Gasteiger partial charge in [-0.25, -0.2) is 10.0 Å². The number of thioether (sulfide) groups is 1. The molecule has 3 aromatic rings. The van der Waals surface area contributed by atoms with Crippen LogP contribution in [0.25, 0.3) is 11.1 Å². The number of hydrogen-bond acceptors (Lipinski definition) is 5. The summed E-state index contributed by atoms with van der Waals surface area (Å²) in [7, 11) is 3.06. The zero-order valence-corrected chi connectivity index (χ0v) is 13.7. The maximum absolute atomic E-state index is 12.3. The molecular weight excluding hydrogens is 312 g/mol. The van der Waals surface area contributed by atoms with Crippen molar-refractivity contribution in [2.24, 2.45) is 0 Å². The molecule has 1 heterocycles. The number of fused-ring (bicyclic) bond motifs is 1. The number of rotatable bonds is 5. The van der Waals surface area contributed by atoms with E-state index in [0.29, 0.717) is 16.5 Å². The molecule has 1 aromatic heterocycles. The Hall–Kier alpha value is -2.31. The lowest BCUT2D eigenvalue weighted by Gasteiger charge is -2.15. The summed E-state index contributed by atoms with van der Waals surface area (Å²) >= 11 is 1.46. The van der Waals surface area contributed by atoms with Crippen molar-refractivity contribution in [3.63, 3.8) is 0 Å². The van der Waals surface area contributed by atoms with Crippen LogP contribution >= 0.6 is 11.8 Å². The van der Waals surface area contributed by atoms with Crippen LogP contribution in [0.15, 0.2) is 58.2 Å². The highest BCUT2D eigenvalue weighted by Crippen LogP contribution is 2.27. The van der Waals surface area contributed by atoms with Crippen LogP contribution in [-0.4, -0.2) is 30.1 Å². The Balaban J connectivity index is 1.79. The minimum atomic E-state index is -0.179. The molecule has 6 heteroatoms. The Morgan fingerprint density at radius 2 is 1.96 bits per heavy atom. The van der Waals surface area contributed by atoms with Crippen molar-refractivity contribution < 1.29 is 14.0 Å². The summed E-state index contributed by atoms with van der Waals surface area (Å²) < 4.78 is 5.69. The Kier molecular flexibility index (Phi) is 4.64. The maximum Gasteiger partial charge on any atom is 0.277 e. The fraction of sp³-hybridized carbons (Fsp3) is 0.176. The molecule has 118 valence electrons. The van der Waals surface area contributed by atoms with Crippen molar-refractivity contribution in [1.82, 2.24) is 10.0 Å². The highest BCUT2D eigenvalue weighted by molar-refractivity contribution is 7.98. The van der Waals surface area contributed by atoms with E-state index in [1.165, 1.54) is 23.9 Å². The second-order valence-electron chi connectivity index (χ2n) is 4.88. The largest absolute Gasteiger partial charge is 0.431 e. The van der Waals surface area contributed by atoms with E-state index in [-0.39, 0.29) is 5.91 Å². The monoisotopic (exact) mass is 328 g/mol. The van der Waals surface area contributed by atoms with Gasteiger partial charge in [0.2, 0.25) is 0 Å². The normalized spacial score (nSPS) is 10.9. The van der Waals surface area contributed by atoms with E-state index in [1.807, 2.05) is 42.5 Å². The SMILES string of the molecule is CON(C)C(=O)c1ccccc1CSc1nc2ccccc2o1. The maximum atomic E-state index is 12.3. The number of para-hydroxylation sites is 2. The zero-order chi connectivity index (χ0) is 16.2. The molecule has 23 heavy (non-hydrogen) atoms. The molecule has 0 N–H and O–H groups in total. The molecule has 0 bridgehead atoms. The first-order chi connectivity index (χ1) is 11.2. The van der Waals surface area contributed by atoms with E-state index in [4.69, 9.17) is 9.25 Å². The Morgan fingerprint density at radius 1 is 1.22 bits per heavy atom. The quantitative estimate of drug-likeness (QED) is 0.527. The summed E-state index contributed by atoms with van der Waals surface area (Å²) in [4.78, 5) is 21.7. The minimum Gasteiger partial charge on any atom is -0.431 e. The van der Waals surface area contributed by atoms with E-state index in [2.05, 4.69) is 4.98 Å². The summed E-state index contributed by atoms with van der Waals surface area (Å²) in [5.74, 6) is 0.410. The first kappa shape index (κ1) is 15.6. The molecule has 0 radical (unpaired) electrons. The number of benzene rings is 2. The van der Waals surface area contributed by atoms with Gasteiger partial charge in [0.15, 0.2) is 5.58 Å². The highest BCUT2D eigenvalue weighted by atomic mass is 32.2. The van der Waals surface area contributed by atoms with Gasteiger partial charge in [-0.3, -0.25) is 9.63 Å². The van der Waals surface area contributed by atoms with E-state index < -0.39 is 0 Å². The summed E-state index contributed by atoms with van der Waals surface area (Å²) in [5.41, 5.74) is 3.12. The molecule has 0 saturated carbocycles. The van der Waals surface area contributed by atoms with Crippen LogP contribution in [0.4, 0.5) is 0 Å². The average Bonchev–Trinajstić information content (AvgIpc) is 3.01. The van der Waals surface area contributed by atoms with Crippen LogP contribution in [0, 0.1) is 0 Å². The Morgan fingerprint density at radius 3 is 2.74 bits per heavy atom. The van der Waals surface area contributed by atoms with Crippen molar-refractivity contribution in [1.29, 1.82) is 0 Å². The minimum absolute atomic E-state index is 0.179. The molecular formula is C17H16N2O3S. The summed E-state index contributed by atoms with van der Waals surface area (Å²) in [6.45, 7) is 0. The van der Waals surface area contributed by atoms with Crippen LogP contribution in [0.1, 0.15) is 15.9 Å². The van der Waals surface area contributed by atoms with Gasteiger partial charge in [-0.2, -0.15) is 0 Å². The van der Waals surface area contributed by atoms with Gasteiger partial charge in [-0.15, -0.1) is 0 Å². The molecule has 0 aliphatic carbocycles. The van der Waals surface area contributed by atoms with Crippen LogP contribution in [0.3, 0.4) is 0 Å². The first-order valence-corrected chi connectivity index (χ1v) is 8.06. The molecule has 0 fully saturated rings. The number of nitrogens with zero attached hydrogens (tertiary/aromatic N) is 2. The fourth-order valence-corrected chi connectivity index (χ4v) is 3.00. The van der Waals surface area contributed by atoms with Crippen molar-refractivity contribution in [3.05, 3.63) is 59.7 Å². The van der Waals surface area contributed by atoms with Crippen LogP contribution in [0.5, 0.6) is 0 Å². The van der Waals surface area contributed by atoms with Gasteiger partial charge in [-0.05, 0) is 23.8 Å². The lowest BCUT2D eigenvalue weighted by atomic mass is 10.1. The third-order valence-corrected chi connectivity index (χ3v) is 4.31. The topological polar surface area (TPSA) is 55.6 Å². The predicted molar refractivity (Wildman–Crippen MR) is 89.1 cm³/mol. The van der Waals surface area contributed by atoms with Crippen molar-refractivity contribution in [2.45, 2.75) is 11.0 Å². The van der Waals surface area contributed by atoms with Crippen LogP contribution in [-0.2, 0) is 10.6 Å². The molecule has 1 amide bonds. The third kappa shape index (κ3) is 3.38. The van der Waals surface area contributed by atoms with Crippen molar-refractivity contribution in [3.8, 4) is 0 Å². The number of hydroxylamine groups is 2. The van der Waals surface area contributed by atoms with Gasteiger partial charge in [0.1, 0.15) is 5.52 Å². The van der Waals surface area contributed by atoms with Gasteiger partial charge in [0, 0.05) is 18.4 Å². The molecule has 0 atom stereocenters. The lowest BCUT2D eigenvalue weighted by molar-refractivity contribution is -0.0757. The van der Waals surface area contributed by atoms with E-state index in [0.717, 1.165) is 16.7 Å². The summed E-state index contributed by atoms with van der Waals surface area (Å²) in [6, 6.07) is 15.1. The number of amides is 1. The van der Waals surface area contributed by atoms with E-state index >= 15 is 0 Å². The van der Waals surface area contributed by atoms with Crippen LogP contribution in [0.2, 0.25) is 0 Å². The molecule has 0 spiro atoms. The van der Waals surface area contributed by atoms with Gasteiger partial charge in [-0.1, -0.05) is 42.1 Å². The van der Waals surface area contributed by atoms with Crippen molar-refractivity contribution in [2.75, 3.05) is 14.2 Å². The van der Waals surface area contributed by atoms with E-state index in [1.54, 1.807) is 13.1 Å².